The third kappa shape index (κ3) is 2.92. The molecule has 2 N–H and O–H groups in total. The van der Waals surface area contributed by atoms with Crippen LogP contribution < -0.4 is 5.32 Å². The van der Waals surface area contributed by atoms with Crippen LogP contribution in [0, 0.1) is 12.3 Å². The van der Waals surface area contributed by atoms with Crippen LogP contribution in [0.25, 0.3) is 10.9 Å². The summed E-state index contributed by atoms with van der Waals surface area (Å²) in [4.78, 5) is 30.4. The Labute approximate surface area is 147 Å². The Hall–Kier alpha value is -2.30. The standard InChI is InChI=1S/C20H25N3O2/c1-13-15-5-3-4-6-16(15)22-17(13)18(24)21-14(2)19(25)23-11-9-20(7-8-20)10-12-23/h3-6,14,22H,7-12H2,1-2H3,(H,21,24)/t14-/m1/s1. The summed E-state index contributed by atoms with van der Waals surface area (Å²) in [5.74, 6) is -0.192. The first kappa shape index (κ1) is 16.2. The van der Waals surface area contributed by atoms with Crippen LogP contribution in [0.2, 0.25) is 0 Å². The maximum absolute atomic E-state index is 12.7. The zero-order valence-electron chi connectivity index (χ0n) is 14.9. The van der Waals surface area contributed by atoms with Crippen molar-refractivity contribution in [2.45, 2.75) is 45.6 Å². The zero-order valence-corrected chi connectivity index (χ0v) is 14.9. The summed E-state index contributed by atoms with van der Waals surface area (Å²) in [6.45, 7) is 5.36. The largest absolute Gasteiger partial charge is 0.350 e. The van der Waals surface area contributed by atoms with E-state index in [0.29, 0.717) is 11.1 Å². The number of amides is 2. The number of piperidine rings is 1. The number of hydrogen-bond donors (Lipinski definition) is 2. The highest BCUT2D eigenvalue weighted by atomic mass is 16.2. The van der Waals surface area contributed by atoms with E-state index in [9.17, 15) is 9.59 Å². The molecule has 25 heavy (non-hydrogen) atoms. The van der Waals surface area contributed by atoms with Crippen LogP contribution in [-0.2, 0) is 4.79 Å². The van der Waals surface area contributed by atoms with E-state index in [0.717, 1.165) is 42.4 Å². The van der Waals surface area contributed by atoms with Crippen molar-refractivity contribution in [3.05, 3.63) is 35.5 Å². The van der Waals surface area contributed by atoms with Crippen LogP contribution in [0.4, 0.5) is 0 Å². The fourth-order valence-corrected chi connectivity index (χ4v) is 3.99. The normalized spacial score (nSPS) is 19.8. The minimum Gasteiger partial charge on any atom is -0.350 e. The van der Waals surface area contributed by atoms with Crippen molar-refractivity contribution < 1.29 is 9.59 Å². The topological polar surface area (TPSA) is 65.2 Å². The number of para-hydroxylation sites is 1. The third-order valence-electron chi connectivity index (χ3n) is 6.00. The molecule has 1 spiro atoms. The Morgan fingerprint density at radius 1 is 1.16 bits per heavy atom. The number of aromatic nitrogens is 1. The SMILES string of the molecule is Cc1c(C(=O)N[C@H](C)C(=O)N2CCC3(CC2)CC3)[nH]c2ccccc12. The van der Waals surface area contributed by atoms with Gasteiger partial charge in [0.15, 0.2) is 0 Å². The molecular weight excluding hydrogens is 314 g/mol. The lowest BCUT2D eigenvalue weighted by molar-refractivity contribution is -0.134. The second-order valence-electron chi connectivity index (χ2n) is 7.69. The molecule has 5 nitrogen and oxygen atoms in total. The summed E-state index contributed by atoms with van der Waals surface area (Å²) in [7, 11) is 0. The van der Waals surface area contributed by atoms with Crippen molar-refractivity contribution in [2.75, 3.05) is 13.1 Å². The summed E-state index contributed by atoms with van der Waals surface area (Å²) < 4.78 is 0. The number of nitrogens with one attached hydrogen (secondary N) is 2. The van der Waals surface area contributed by atoms with Crippen molar-refractivity contribution in [3.63, 3.8) is 0 Å². The van der Waals surface area contributed by atoms with Gasteiger partial charge in [0.25, 0.3) is 5.91 Å². The van der Waals surface area contributed by atoms with E-state index >= 15 is 0 Å². The smallest absolute Gasteiger partial charge is 0.268 e. The molecule has 1 aliphatic heterocycles. The number of benzene rings is 1. The summed E-state index contributed by atoms with van der Waals surface area (Å²) in [6, 6.07) is 7.34. The molecule has 5 heteroatoms. The average Bonchev–Trinajstić information content (AvgIpc) is 3.29. The van der Waals surface area contributed by atoms with Crippen molar-refractivity contribution in [1.29, 1.82) is 0 Å². The van der Waals surface area contributed by atoms with Crippen molar-refractivity contribution in [1.82, 2.24) is 15.2 Å². The van der Waals surface area contributed by atoms with Gasteiger partial charge in [-0.05, 0) is 56.6 Å². The number of likely N-dealkylation sites (tertiary alicyclic amines) is 1. The molecule has 132 valence electrons. The maximum atomic E-state index is 12.7. The van der Waals surface area contributed by atoms with E-state index in [1.807, 2.05) is 36.1 Å². The van der Waals surface area contributed by atoms with Crippen molar-refractivity contribution in [2.24, 2.45) is 5.41 Å². The summed E-state index contributed by atoms with van der Waals surface area (Å²) in [6.07, 6.45) is 4.86. The summed E-state index contributed by atoms with van der Waals surface area (Å²) in [5.41, 5.74) is 2.94. The lowest BCUT2D eigenvalue weighted by Gasteiger charge is -2.33. The number of H-pyrrole nitrogens is 1. The Bertz CT molecular complexity index is 825. The molecule has 2 aliphatic rings. The number of carbonyl (C=O) groups is 2. The predicted molar refractivity (Wildman–Crippen MR) is 97.4 cm³/mol. The summed E-state index contributed by atoms with van der Waals surface area (Å²) in [5, 5.41) is 3.91. The van der Waals surface area contributed by atoms with Crippen LogP contribution in [-0.4, -0.2) is 40.8 Å². The average molecular weight is 339 g/mol. The van der Waals surface area contributed by atoms with E-state index < -0.39 is 6.04 Å². The molecule has 1 saturated carbocycles. The van der Waals surface area contributed by atoms with E-state index in [4.69, 9.17) is 0 Å². The van der Waals surface area contributed by atoms with Gasteiger partial charge in [-0.15, -0.1) is 0 Å². The Morgan fingerprint density at radius 3 is 2.48 bits per heavy atom. The highest BCUT2D eigenvalue weighted by Gasteiger charge is 2.45. The first-order valence-corrected chi connectivity index (χ1v) is 9.16. The van der Waals surface area contributed by atoms with Crippen LogP contribution in [0.5, 0.6) is 0 Å². The van der Waals surface area contributed by atoms with Gasteiger partial charge < -0.3 is 15.2 Å². The summed E-state index contributed by atoms with van der Waals surface area (Å²) >= 11 is 0. The first-order chi connectivity index (χ1) is 12.0. The Morgan fingerprint density at radius 2 is 1.84 bits per heavy atom. The van der Waals surface area contributed by atoms with Crippen molar-refractivity contribution in [3.8, 4) is 0 Å². The van der Waals surface area contributed by atoms with Crippen molar-refractivity contribution >= 4 is 22.7 Å². The molecule has 1 aromatic heterocycles. The number of rotatable bonds is 3. The molecule has 1 saturated heterocycles. The Kier molecular flexibility index (Phi) is 3.82. The van der Waals surface area contributed by atoms with E-state index in [1.54, 1.807) is 6.92 Å². The molecule has 2 heterocycles. The second-order valence-corrected chi connectivity index (χ2v) is 7.69. The molecule has 0 unspecified atom stereocenters. The zero-order chi connectivity index (χ0) is 17.6. The van der Waals surface area contributed by atoms with Gasteiger partial charge in [0, 0.05) is 24.0 Å². The van der Waals surface area contributed by atoms with Gasteiger partial charge >= 0.3 is 0 Å². The lowest BCUT2D eigenvalue weighted by atomic mass is 9.93. The van der Waals surface area contributed by atoms with Gasteiger partial charge in [-0.25, -0.2) is 0 Å². The molecule has 1 atom stereocenters. The molecule has 1 aromatic carbocycles. The third-order valence-corrected chi connectivity index (χ3v) is 6.00. The van der Waals surface area contributed by atoms with E-state index in [-0.39, 0.29) is 11.8 Å². The highest BCUT2D eigenvalue weighted by Crippen LogP contribution is 2.53. The number of carbonyl (C=O) groups excluding carboxylic acids is 2. The van der Waals surface area contributed by atoms with Gasteiger partial charge in [0.05, 0.1) is 0 Å². The highest BCUT2D eigenvalue weighted by molar-refractivity contribution is 6.02. The van der Waals surface area contributed by atoms with Crippen LogP contribution >= 0.6 is 0 Å². The number of aryl methyl sites for hydroxylation is 1. The van der Waals surface area contributed by atoms with Crippen LogP contribution in [0.3, 0.4) is 0 Å². The Balaban J connectivity index is 1.42. The van der Waals surface area contributed by atoms with Gasteiger partial charge in [-0.3, -0.25) is 9.59 Å². The van der Waals surface area contributed by atoms with Gasteiger partial charge in [-0.1, -0.05) is 18.2 Å². The minimum atomic E-state index is -0.508. The predicted octanol–water partition coefficient (Wildman–Crippen LogP) is 3.00. The first-order valence-electron chi connectivity index (χ1n) is 9.16. The molecule has 4 rings (SSSR count). The number of hydrogen-bond acceptors (Lipinski definition) is 2. The molecule has 0 bridgehead atoms. The van der Waals surface area contributed by atoms with E-state index in [1.165, 1.54) is 12.8 Å². The molecular formula is C20H25N3O2. The maximum Gasteiger partial charge on any atom is 0.268 e. The van der Waals surface area contributed by atoms with Gasteiger partial charge in [-0.2, -0.15) is 0 Å². The molecule has 0 radical (unpaired) electrons. The molecule has 2 aromatic rings. The fraction of sp³-hybridized carbons (Fsp3) is 0.500. The quantitative estimate of drug-likeness (QED) is 0.903. The second kappa shape index (κ2) is 5.90. The number of fused-ring (bicyclic) bond motifs is 1. The lowest BCUT2D eigenvalue weighted by Crippen LogP contribution is -2.49. The number of aromatic amines is 1. The molecule has 2 fully saturated rings. The van der Waals surface area contributed by atoms with Crippen LogP contribution in [0.1, 0.15) is 48.7 Å². The minimum absolute atomic E-state index is 0.0256. The van der Waals surface area contributed by atoms with Gasteiger partial charge in [0.2, 0.25) is 5.91 Å². The molecule has 1 aliphatic carbocycles. The monoisotopic (exact) mass is 339 g/mol. The van der Waals surface area contributed by atoms with E-state index in [2.05, 4.69) is 10.3 Å². The fourth-order valence-electron chi connectivity index (χ4n) is 3.99. The van der Waals surface area contributed by atoms with Crippen LogP contribution in [0.15, 0.2) is 24.3 Å². The van der Waals surface area contributed by atoms with Gasteiger partial charge in [0.1, 0.15) is 11.7 Å². The number of nitrogens with zero attached hydrogens (tertiary/aromatic N) is 1. The molecule has 2 amide bonds.